The summed E-state index contributed by atoms with van der Waals surface area (Å²) in [7, 11) is 0. The first-order valence-electron chi connectivity index (χ1n) is 14.1. The second-order valence-corrected chi connectivity index (χ2v) is 13.3. The molecular formula is C29H49NO5. The van der Waals surface area contributed by atoms with E-state index in [1.54, 1.807) is 0 Å². The van der Waals surface area contributed by atoms with Crippen LogP contribution in [0, 0.1) is 46.3 Å². The number of nitrogens with one attached hydrogen (secondary N) is 1. The van der Waals surface area contributed by atoms with Gasteiger partial charge in [-0.25, -0.2) is 4.79 Å². The van der Waals surface area contributed by atoms with Gasteiger partial charge in [0.25, 0.3) is 0 Å². The van der Waals surface area contributed by atoms with Gasteiger partial charge in [0.15, 0.2) is 0 Å². The van der Waals surface area contributed by atoms with Crippen LogP contribution in [0.4, 0.5) is 4.79 Å². The second kappa shape index (κ2) is 9.89. The first-order chi connectivity index (χ1) is 16.4. The van der Waals surface area contributed by atoms with Crippen molar-refractivity contribution >= 4 is 6.09 Å². The lowest BCUT2D eigenvalue weighted by Gasteiger charge is -2.63. The molecule has 0 spiro atoms. The van der Waals surface area contributed by atoms with E-state index in [0.717, 1.165) is 51.4 Å². The quantitative estimate of drug-likeness (QED) is 0.364. The third kappa shape index (κ3) is 4.74. The van der Waals surface area contributed by atoms with E-state index in [1.807, 2.05) is 13.8 Å². The van der Waals surface area contributed by atoms with E-state index in [2.05, 4.69) is 32.7 Å². The normalized spacial score (nSPS) is 45.7. The Kier molecular flexibility index (Phi) is 7.57. The third-order valence-electron chi connectivity index (χ3n) is 11.0. The molecule has 0 aromatic carbocycles. The van der Waals surface area contributed by atoms with Gasteiger partial charge < -0.3 is 25.4 Å². The molecule has 0 aromatic rings. The number of allylic oxidation sites excluding steroid dienone is 1. The van der Waals surface area contributed by atoms with Crippen molar-refractivity contribution < 1.29 is 24.9 Å². The summed E-state index contributed by atoms with van der Waals surface area (Å²) >= 11 is 0. The second-order valence-electron chi connectivity index (χ2n) is 13.3. The molecule has 4 N–H and O–H groups in total. The van der Waals surface area contributed by atoms with E-state index >= 15 is 0 Å². The van der Waals surface area contributed by atoms with E-state index in [-0.39, 0.29) is 58.9 Å². The van der Waals surface area contributed by atoms with Gasteiger partial charge in [0.1, 0.15) is 6.10 Å². The molecule has 200 valence electrons. The zero-order chi connectivity index (χ0) is 25.7. The first-order valence-corrected chi connectivity index (χ1v) is 14.1. The van der Waals surface area contributed by atoms with Crippen LogP contribution in [0.15, 0.2) is 12.3 Å². The minimum atomic E-state index is -0.371. The van der Waals surface area contributed by atoms with Crippen LogP contribution in [-0.4, -0.2) is 45.8 Å². The molecule has 35 heavy (non-hydrogen) atoms. The van der Waals surface area contributed by atoms with Crippen molar-refractivity contribution in [3.63, 3.8) is 0 Å². The number of carbonyl (C=O) groups excluding carboxylic acids is 1. The standard InChI is InChI=1S/C29H49NO5/c1-16(2)30-27(34)35-25-15-23-26(24(33)14-19-13-20(32)11-12-28(19,23)5)22-10-9-21(29(22,25)6)17(3)7-8-18(4)31/h16-17,19-26,31-33H,4,7-15H2,1-3,5-6H3,(H,30,34)/t17-,19+,20-,21-,22+,23+,24-,25+,26+,28+,29-/m1/s1. The van der Waals surface area contributed by atoms with Gasteiger partial charge in [-0.15, -0.1) is 0 Å². The van der Waals surface area contributed by atoms with Crippen LogP contribution < -0.4 is 5.32 Å². The Hall–Kier alpha value is -1.27. The average Bonchev–Trinajstić information content (AvgIpc) is 3.11. The average molecular weight is 492 g/mol. The molecule has 0 unspecified atom stereocenters. The van der Waals surface area contributed by atoms with Crippen LogP contribution in [0.2, 0.25) is 0 Å². The van der Waals surface area contributed by atoms with Crippen molar-refractivity contribution in [3.05, 3.63) is 12.3 Å². The molecule has 0 radical (unpaired) electrons. The fourth-order valence-electron chi connectivity index (χ4n) is 9.27. The Balaban J connectivity index is 1.68. The Morgan fingerprint density at radius 1 is 1.09 bits per heavy atom. The van der Waals surface area contributed by atoms with Crippen LogP contribution in [0.25, 0.3) is 0 Å². The van der Waals surface area contributed by atoms with Gasteiger partial charge in [0.2, 0.25) is 0 Å². The van der Waals surface area contributed by atoms with E-state index < -0.39 is 0 Å². The lowest BCUT2D eigenvalue weighted by Crippen LogP contribution is -2.63. The number of fused-ring (bicyclic) bond motifs is 5. The molecule has 6 heteroatoms. The van der Waals surface area contributed by atoms with E-state index in [4.69, 9.17) is 4.74 Å². The molecular weight excluding hydrogens is 442 g/mol. The van der Waals surface area contributed by atoms with Gasteiger partial charge in [-0.2, -0.15) is 0 Å². The summed E-state index contributed by atoms with van der Waals surface area (Å²) in [6.07, 6.45) is 6.45. The number of hydrogen-bond donors (Lipinski definition) is 4. The highest BCUT2D eigenvalue weighted by Gasteiger charge is 2.66. The maximum absolute atomic E-state index is 12.9. The molecule has 4 rings (SSSR count). The maximum Gasteiger partial charge on any atom is 0.407 e. The number of rotatable bonds is 6. The number of amides is 1. The number of carbonyl (C=O) groups is 1. The summed E-state index contributed by atoms with van der Waals surface area (Å²) in [6, 6.07) is 0.00883. The van der Waals surface area contributed by atoms with Gasteiger partial charge in [-0.3, -0.25) is 0 Å². The maximum atomic E-state index is 12.9. The number of alkyl carbamates (subject to hydrolysis) is 1. The monoisotopic (exact) mass is 491 g/mol. The van der Waals surface area contributed by atoms with Crippen molar-refractivity contribution in [2.75, 3.05) is 0 Å². The molecule has 4 aliphatic rings. The fourth-order valence-corrected chi connectivity index (χ4v) is 9.27. The topological polar surface area (TPSA) is 99.0 Å². The van der Waals surface area contributed by atoms with Crippen LogP contribution in [0.1, 0.15) is 92.4 Å². The van der Waals surface area contributed by atoms with Crippen molar-refractivity contribution in [1.82, 2.24) is 5.32 Å². The number of aliphatic hydroxyl groups is 3. The number of aliphatic hydroxyl groups excluding tert-OH is 3. The van der Waals surface area contributed by atoms with Crippen LogP contribution in [0.5, 0.6) is 0 Å². The van der Waals surface area contributed by atoms with Gasteiger partial charge in [-0.05, 0) is 106 Å². The zero-order valence-electron chi connectivity index (χ0n) is 22.5. The van der Waals surface area contributed by atoms with Crippen LogP contribution in [0.3, 0.4) is 0 Å². The largest absolute Gasteiger partial charge is 0.513 e. The summed E-state index contributed by atoms with van der Waals surface area (Å²) in [5, 5.41) is 34.6. The van der Waals surface area contributed by atoms with Gasteiger partial charge in [-0.1, -0.05) is 27.4 Å². The van der Waals surface area contributed by atoms with Crippen LogP contribution >= 0.6 is 0 Å². The molecule has 0 saturated heterocycles. The minimum Gasteiger partial charge on any atom is -0.513 e. The van der Waals surface area contributed by atoms with Crippen molar-refractivity contribution in [1.29, 1.82) is 0 Å². The molecule has 0 bridgehead atoms. The van der Waals surface area contributed by atoms with Gasteiger partial charge in [0.05, 0.1) is 18.0 Å². The van der Waals surface area contributed by atoms with E-state index in [9.17, 15) is 20.1 Å². The highest BCUT2D eigenvalue weighted by atomic mass is 16.6. The fraction of sp³-hybridized carbons (Fsp3) is 0.897. The summed E-state index contributed by atoms with van der Waals surface area (Å²) in [6.45, 7) is 14.5. The summed E-state index contributed by atoms with van der Waals surface area (Å²) in [5.41, 5.74) is -0.164. The molecule has 4 fully saturated rings. The Labute approximate surface area is 211 Å². The smallest absolute Gasteiger partial charge is 0.407 e. The third-order valence-corrected chi connectivity index (χ3v) is 11.0. The molecule has 4 saturated carbocycles. The van der Waals surface area contributed by atoms with Crippen molar-refractivity contribution in [2.24, 2.45) is 46.3 Å². The summed E-state index contributed by atoms with van der Waals surface area (Å²) < 4.78 is 6.31. The van der Waals surface area contributed by atoms with E-state index in [0.29, 0.717) is 30.1 Å². The predicted molar refractivity (Wildman–Crippen MR) is 137 cm³/mol. The lowest BCUT2D eigenvalue weighted by atomic mass is 9.43. The molecule has 4 aliphatic carbocycles. The Bertz CT molecular complexity index is 800. The number of hydrogen-bond acceptors (Lipinski definition) is 5. The van der Waals surface area contributed by atoms with Crippen molar-refractivity contribution in [3.8, 4) is 0 Å². The number of ether oxygens (including phenoxy) is 1. The SMILES string of the molecule is C=C(O)CC[C@@H](C)[C@H]1CC[C@H]2[C@@H]3[C@H](O)C[C@@H]4C[C@H](O)CC[C@]4(C)[C@H]3C[C@H](OC(=O)NC(C)C)[C@]12C. The summed E-state index contributed by atoms with van der Waals surface area (Å²) in [4.78, 5) is 12.9. The first kappa shape index (κ1) is 26.8. The molecule has 6 nitrogen and oxygen atoms in total. The van der Waals surface area contributed by atoms with Crippen molar-refractivity contribution in [2.45, 2.75) is 117 Å². The molecule has 1 amide bonds. The Morgan fingerprint density at radius 2 is 1.80 bits per heavy atom. The predicted octanol–water partition coefficient (Wildman–Crippen LogP) is 5.58. The van der Waals surface area contributed by atoms with Crippen LogP contribution in [-0.2, 0) is 4.74 Å². The van der Waals surface area contributed by atoms with E-state index in [1.165, 1.54) is 0 Å². The highest BCUT2D eigenvalue weighted by Crippen LogP contribution is 2.69. The van der Waals surface area contributed by atoms with Gasteiger partial charge >= 0.3 is 6.09 Å². The lowest BCUT2D eigenvalue weighted by molar-refractivity contribution is -0.206. The van der Waals surface area contributed by atoms with Gasteiger partial charge in [0, 0.05) is 17.9 Å². The minimum absolute atomic E-state index is 0.00883. The molecule has 0 aliphatic heterocycles. The Morgan fingerprint density at radius 3 is 2.46 bits per heavy atom. The zero-order valence-corrected chi connectivity index (χ0v) is 22.5. The molecule has 0 aromatic heterocycles. The summed E-state index contributed by atoms with van der Waals surface area (Å²) in [5.74, 6) is 2.03. The molecule has 11 atom stereocenters. The highest BCUT2D eigenvalue weighted by molar-refractivity contribution is 5.67. The molecule has 0 heterocycles.